The fourth-order valence-electron chi connectivity index (χ4n) is 2.73. The van der Waals surface area contributed by atoms with E-state index in [9.17, 15) is 0 Å². The molecule has 0 radical (unpaired) electrons. The van der Waals surface area contributed by atoms with Crippen molar-refractivity contribution in [2.75, 3.05) is 7.11 Å². The third-order valence-corrected chi connectivity index (χ3v) is 5.60. The van der Waals surface area contributed by atoms with Crippen LogP contribution in [0.15, 0.2) is 40.2 Å². The van der Waals surface area contributed by atoms with E-state index in [-0.39, 0.29) is 0 Å². The number of benzene rings is 1. The Morgan fingerprint density at radius 1 is 1.35 bits per heavy atom. The maximum atomic E-state index is 5.45. The number of rotatable bonds is 5. The van der Waals surface area contributed by atoms with Gasteiger partial charge in [-0.15, -0.1) is 11.3 Å². The molecule has 1 aliphatic rings. The van der Waals surface area contributed by atoms with E-state index >= 15 is 0 Å². The van der Waals surface area contributed by atoms with Crippen LogP contribution in [-0.2, 0) is 6.54 Å². The molecular weight excluding hydrogens is 334 g/mol. The molecule has 1 aromatic carbocycles. The second-order valence-electron chi connectivity index (χ2n) is 5.22. The van der Waals surface area contributed by atoms with E-state index in [1.54, 1.807) is 18.4 Å². The average molecular weight is 352 g/mol. The van der Waals surface area contributed by atoms with Crippen molar-refractivity contribution < 1.29 is 4.74 Å². The first-order valence-corrected chi connectivity index (χ1v) is 8.52. The lowest BCUT2D eigenvalue weighted by Crippen LogP contribution is -2.39. The van der Waals surface area contributed by atoms with Crippen LogP contribution in [0.2, 0.25) is 0 Å². The highest BCUT2D eigenvalue weighted by atomic mass is 79.9. The van der Waals surface area contributed by atoms with Gasteiger partial charge >= 0.3 is 0 Å². The Hall–Kier alpha value is -0.840. The first-order chi connectivity index (χ1) is 9.76. The molecule has 2 nitrogen and oxygen atoms in total. The minimum absolute atomic E-state index is 0.630. The van der Waals surface area contributed by atoms with Crippen molar-refractivity contribution in [3.8, 4) is 5.75 Å². The van der Waals surface area contributed by atoms with Crippen LogP contribution in [0.4, 0.5) is 0 Å². The van der Waals surface area contributed by atoms with E-state index in [4.69, 9.17) is 4.74 Å². The Bertz CT molecular complexity index is 577. The van der Waals surface area contributed by atoms with Crippen molar-refractivity contribution in [2.24, 2.45) is 0 Å². The molecule has 106 valence electrons. The summed E-state index contributed by atoms with van der Waals surface area (Å²) in [7, 11) is 1.75. The van der Waals surface area contributed by atoms with Gasteiger partial charge in [0.25, 0.3) is 0 Å². The van der Waals surface area contributed by atoms with Gasteiger partial charge in [-0.05, 0) is 52.4 Å². The fraction of sp³-hybridized carbons (Fsp3) is 0.375. The van der Waals surface area contributed by atoms with Crippen molar-refractivity contribution in [1.29, 1.82) is 0 Å². The number of nitrogens with one attached hydrogen (secondary N) is 1. The summed E-state index contributed by atoms with van der Waals surface area (Å²) < 4.78 is 6.63. The third kappa shape index (κ3) is 3.08. The summed E-state index contributed by atoms with van der Waals surface area (Å²) >= 11 is 5.29. The normalized spacial score (nSPS) is 21.5. The fourth-order valence-corrected chi connectivity index (χ4v) is 4.14. The van der Waals surface area contributed by atoms with Crippen LogP contribution in [-0.4, -0.2) is 13.2 Å². The number of hydrogen-bond donors (Lipinski definition) is 1. The van der Waals surface area contributed by atoms with E-state index in [0.717, 1.165) is 12.3 Å². The molecule has 1 aliphatic carbocycles. The predicted molar refractivity (Wildman–Crippen MR) is 87.6 cm³/mol. The molecule has 1 saturated carbocycles. The summed E-state index contributed by atoms with van der Waals surface area (Å²) in [5.74, 6) is 1.66. The Morgan fingerprint density at radius 3 is 2.85 bits per heavy atom. The van der Waals surface area contributed by atoms with E-state index < -0.39 is 0 Å². The second-order valence-corrected chi connectivity index (χ2v) is 7.13. The number of hydrogen-bond acceptors (Lipinski definition) is 3. The van der Waals surface area contributed by atoms with Gasteiger partial charge in [-0.3, -0.25) is 0 Å². The molecule has 1 aromatic heterocycles. The standard InChI is InChI=1S/C16H18BrNOS/c1-19-16-5-3-2-4-15(16)11-6-13(7-11)18-9-14-8-12(17)10-20-14/h2-5,8,10-11,13,18H,6-7,9H2,1H3. The highest BCUT2D eigenvalue weighted by Gasteiger charge is 2.31. The van der Waals surface area contributed by atoms with Gasteiger partial charge in [-0.1, -0.05) is 18.2 Å². The Labute approximate surface area is 132 Å². The van der Waals surface area contributed by atoms with Crippen LogP contribution in [0.1, 0.15) is 29.2 Å². The molecule has 1 heterocycles. The number of ether oxygens (including phenoxy) is 1. The van der Waals surface area contributed by atoms with E-state index in [1.165, 1.54) is 27.8 Å². The van der Waals surface area contributed by atoms with Crippen LogP contribution in [0.25, 0.3) is 0 Å². The highest BCUT2D eigenvalue weighted by Crippen LogP contribution is 2.41. The number of para-hydroxylation sites is 1. The average Bonchev–Trinajstić information content (AvgIpc) is 2.83. The maximum absolute atomic E-state index is 5.45. The molecule has 0 saturated heterocycles. The molecule has 0 amide bonds. The SMILES string of the molecule is COc1ccccc1C1CC(NCc2cc(Br)cs2)C1. The zero-order chi connectivity index (χ0) is 13.9. The lowest BCUT2D eigenvalue weighted by atomic mass is 9.75. The van der Waals surface area contributed by atoms with Gasteiger partial charge in [-0.25, -0.2) is 0 Å². The first-order valence-electron chi connectivity index (χ1n) is 6.85. The van der Waals surface area contributed by atoms with Crippen LogP contribution in [0.5, 0.6) is 5.75 Å². The third-order valence-electron chi connectivity index (χ3n) is 3.90. The molecule has 4 heteroatoms. The molecule has 20 heavy (non-hydrogen) atoms. The molecule has 0 spiro atoms. The summed E-state index contributed by atoms with van der Waals surface area (Å²) in [4.78, 5) is 1.39. The number of thiophene rings is 1. The largest absolute Gasteiger partial charge is 0.496 e. The quantitative estimate of drug-likeness (QED) is 0.852. The van der Waals surface area contributed by atoms with E-state index in [0.29, 0.717) is 12.0 Å². The van der Waals surface area contributed by atoms with Gasteiger partial charge in [0.05, 0.1) is 7.11 Å². The Balaban J connectivity index is 1.51. The summed E-state index contributed by atoms with van der Waals surface area (Å²) in [5.41, 5.74) is 1.35. The van der Waals surface area contributed by atoms with Crippen molar-refractivity contribution >= 4 is 27.3 Å². The van der Waals surface area contributed by atoms with Crippen LogP contribution < -0.4 is 10.1 Å². The summed E-state index contributed by atoms with van der Waals surface area (Å²) in [5, 5.41) is 5.77. The molecule has 2 aromatic rings. The molecule has 0 bridgehead atoms. The van der Waals surface area contributed by atoms with Gasteiger partial charge in [-0.2, -0.15) is 0 Å². The molecule has 0 aliphatic heterocycles. The van der Waals surface area contributed by atoms with Gasteiger partial charge < -0.3 is 10.1 Å². The van der Waals surface area contributed by atoms with Crippen LogP contribution in [0, 0.1) is 0 Å². The minimum atomic E-state index is 0.630. The van der Waals surface area contributed by atoms with E-state index in [2.05, 4.69) is 50.9 Å². The number of methoxy groups -OCH3 is 1. The maximum Gasteiger partial charge on any atom is 0.122 e. The zero-order valence-electron chi connectivity index (χ0n) is 11.4. The van der Waals surface area contributed by atoms with Crippen LogP contribution >= 0.6 is 27.3 Å². The summed E-state index contributed by atoms with van der Waals surface area (Å²) in [6, 6.07) is 11.2. The molecule has 0 unspecified atom stereocenters. The first kappa shape index (κ1) is 14.1. The Morgan fingerprint density at radius 2 is 2.15 bits per heavy atom. The van der Waals surface area contributed by atoms with Crippen LogP contribution in [0.3, 0.4) is 0 Å². The lowest BCUT2D eigenvalue weighted by Gasteiger charge is -2.37. The minimum Gasteiger partial charge on any atom is -0.496 e. The lowest BCUT2D eigenvalue weighted by molar-refractivity contribution is 0.282. The van der Waals surface area contributed by atoms with Gasteiger partial charge in [0, 0.05) is 27.3 Å². The molecule has 3 rings (SSSR count). The highest BCUT2D eigenvalue weighted by molar-refractivity contribution is 9.10. The van der Waals surface area contributed by atoms with Crippen molar-refractivity contribution in [3.05, 3.63) is 50.6 Å². The summed E-state index contributed by atoms with van der Waals surface area (Å²) in [6.45, 7) is 0.972. The molecule has 0 atom stereocenters. The Kier molecular flexibility index (Phi) is 4.44. The van der Waals surface area contributed by atoms with Crippen molar-refractivity contribution in [2.45, 2.75) is 31.3 Å². The predicted octanol–water partition coefficient (Wildman–Crippen LogP) is 4.56. The van der Waals surface area contributed by atoms with Crippen molar-refractivity contribution in [1.82, 2.24) is 5.32 Å². The number of halogens is 1. The molecule has 1 N–H and O–H groups in total. The van der Waals surface area contributed by atoms with Gasteiger partial charge in [0.1, 0.15) is 5.75 Å². The molecule has 1 fully saturated rings. The van der Waals surface area contributed by atoms with Crippen molar-refractivity contribution in [3.63, 3.8) is 0 Å². The second kappa shape index (κ2) is 6.29. The summed E-state index contributed by atoms with van der Waals surface area (Å²) in [6.07, 6.45) is 2.40. The van der Waals surface area contributed by atoms with Gasteiger partial charge in [0.2, 0.25) is 0 Å². The van der Waals surface area contributed by atoms with Gasteiger partial charge in [0.15, 0.2) is 0 Å². The smallest absolute Gasteiger partial charge is 0.122 e. The zero-order valence-corrected chi connectivity index (χ0v) is 13.8. The van der Waals surface area contributed by atoms with E-state index in [1.807, 2.05) is 6.07 Å². The topological polar surface area (TPSA) is 21.3 Å². The molecular formula is C16H18BrNOS. The monoisotopic (exact) mass is 351 g/mol.